The smallest absolute Gasteiger partial charge is 0.431 e. The molecule has 5 rings (SSSR count). The van der Waals surface area contributed by atoms with Crippen LogP contribution in [0.1, 0.15) is 26.2 Å². The van der Waals surface area contributed by atoms with Gasteiger partial charge in [0.25, 0.3) is 0 Å². The third-order valence-corrected chi connectivity index (χ3v) is 7.31. The van der Waals surface area contributed by atoms with Crippen molar-refractivity contribution in [3.63, 3.8) is 0 Å². The van der Waals surface area contributed by atoms with E-state index < -0.39 is 36.2 Å². The number of hydrogen-bond donors (Lipinski definition) is 1. The van der Waals surface area contributed by atoms with E-state index >= 15 is 0 Å². The Kier molecular flexibility index (Phi) is 7.21. The molecule has 12 heteroatoms. The molecule has 0 aliphatic carbocycles. The van der Waals surface area contributed by atoms with Crippen LogP contribution in [0.5, 0.6) is 17.2 Å². The normalized spacial score (nSPS) is 21.9. The van der Waals surface area contributed by atoms with Gasteiger partial charge in [0.1, 0.15) is 30.8 Å². The molecule has 2 aromatic rings. The Morgan fingerprint density at radius 1 is 1.13 bits per heavy atom. The van der Waals surface area contributed by atoms with Crippen molar-refractivity contribution in [1.29, 1.82) is 0 Å². The molecule has 0 radical (unpaired) electrons. The highest BCUT2D eigenvalue weighted by Gasteiger charge is 2.48. The van der Waals surface area contributed by atoms with Crippen molar-refractivity contribution in [2.75, 3.05) is 36.2 Å². The summed E-state index contributed by atoms with van der Waals surface area (Å²) in [7, 11) is 0. The molecule has 0 spiro atoms. The Hall–Kier alpha value is -3.34. The summed E-state index contributed by atoms with van der Waals surface area (Å²) in [6.07, 6.45) is -3.65. The standard InChI is InChI=1S/C26H27ClF3N3O5/c1-15-20(14-24(34)35)33(31-25(15)26(28,29)30)16-2-4-17(5-3-16)38-18-6-8-32(9-7-18)21-13-23-22(12-19(21)27)36-10-11-37-23/h2-5,12-13,15,18,20H,6-11,14H2,1H3,(H,34,35). The summed E-state index contributed by atoms with van der Waals surface area (Å²) < 4.78 is 57.7. The van der Waals surface area contributed by atoms with Gasteiger partial charge < -0.3 is 24.2 Å². The molecule has 3 heterocycles. The maximum atomic E-state index is 13.4. The van der Waals surface area contributed by atoms with E-state index in [0.717, 1.165) is 36.6 Å². The number of halogens is 4. The van der Waals surface area contributed by atoms with Crippen LogP contribution in [0.3, 0.4) is 0 Å². The van der Waals surface area contributed by atoms with Gasteiger partial charge in [-0.05, 0) is 24.3 Å². The van der Waals surface area contributed by atoms with Crippen LogP contribution in [-0.4, -0.2) is 61.4 Å². The fourth-order valence-electron chi connectivity index (χ4n) is 5.06. The first-order valence-electron chi connectivity index (χ1n) is 12.4. The number of fused-ring (bicyclic) bond motifs is 1. The van der Waals surface area contributed by atoms with Crippen LogP contribution in [0.25, 0.3) is 0 Å². The van der Waals surface area contributed by atoms with Crippen molar-refractivity contribution in [3.05, 3.63) is 41.4 Å². The highest BCUT2D eigenvalue weighted by Crippen LogP contribution is 2.41. The molecule has 0 bridgehead atoms. The number of anilines is 2. The Morgan fingerprint density at radius 3 is 2.37 bits per heavy atom. The molecule has 204 valence electrons. The molecule has 38 heavy (non-hydrogen) atoms. The zero-order chi connectivity index (χ0) is 27.0. The zero-order valence-corrected chi connectivity index (χ0v) is 21.3. The first-order chi connectivity index (χ1) is 18.1. The first kappa shape index (κ1) is 26.3. The van der Waals surface area contributed by atoms with E-state index in [-0.39, 0.29) is 6.10 Å². The number of nitrogens with zero attached hydrogens (tertiary/aromatic N) is 3. The predicted molar refractivity (Wildman–Crippen MR) is 136 cm³/mol. The third kappa shape index (κ3) is 5.43. The van der Waals surface area contributed by atoms with E-state index in [4.69, 9.17) is 25.8 Å². The number of hydrazone groups is 1. The number of benzene rings is 2. The van der Waals surface area contributed by atoms with Crippen LogP contribution in [0.2, 0.25) is 5.02 Å². The van der Waals surface area contributed by atoms with Crippen molar-refractivity contribution >= 4 is 34.7 Å². The van der Waals surface area contributed by atoms with Crippen LogP contribution in [0.4, 0.5) is 24.5 Å². The molecule has 2 unspecified atom stereocenters. The van der Waals surface area contributed by atoms with Crippen molar-refractivity contribution in [2.24, 2.45) is 11.0 Å². The minimum Gasteiger partial charge on any atom is -0.490 e. The Bertz CT molecular complexity index is 1220. The highest BCUT2D eigenvalue weighted by molar-refractivity contribution is 6.33. The monoisotopic (exact) mass is 553 g/mol. The van der Waals surface area contributed by atoms with E-state index in [2.05, 4.69) is 10.0 Å². The summed E-state index contributed by atoms with van der Waals surface area (Å²) in [6.45, 7) is 3.78. The van der Waals surface area contributed by atoms with E-state index in [1.807, 2.05) is 6.07 Å². The van der Waals surface area contributed by atoms with E-state index in [1.165, 1.54) is 6.92 Å². The molecule has 2 atom stereocenters. The Balaban J connectivity index is 1.22. The van der Waals surface area contributed by atoms with E-state index in [0.29, 0.717) is 41.2 Å². The third-order valence-electron chi connectivity index (χ3n) is 7.01. The average molecular weight is 554 g/mol. The lowest BCUT2D eigenvalue weighted by Gasteiger charge is -2.35. The summed E-state index contributed by atoms with van der Waals surface area (Å²) in [4.78, 5) is 13.5. The first-order valence-corrected chi connectivity index (χ1v) is 12.8. The molecule has 3 aliphatic heterocycles. The summed E-state index contributed by atoms with van der Waals surface area (Å²) in [6, 6.07) is 9.28. The average Bonchev–Trinajstić information content (AvgIpc) is 3.20. The van der Waals surface area contributed by atoms with Gasteiger partial charge in [-0.3, -0.25) is 9.80 Å². The van der Waals surface area contributed by atoms with Crippen LogP contribution in [0.15, 0.2) is 41.5 Å². The van der Waals surface area contributed by atoms with Crippen molar-refractivity contribution in [1.82, 2.24) is 0 Å². The maximum absolute atomic E-state index is 13.4. The van der Waals surface area contributed by atoms with Gasteiger partial charge in [-0.25, -0.2) is 0 Å². The topological polar surface area (TPSA) is 83.8 Å². The molecule has 2 aromatic carbocycles. The lowest BCUT2D eigenvalue weighted by molar-refractivity contribution is -0.137. The number of hydrogen-bond acceptors (Lipinski definition) is 7. The highest BCUT2D eigenvalue weighted by atomic mass is 35.5. The number of carbonyl (C=O) groups is 1. The van der Waals surface area contributed by atoms with Crippen LogP contribution in [0, 0.1) is 5.92 Å². The molecule has 0 saturated carbocycles. The van der Waals surface area contributed by atoms with Gasteiger partial charge in [0.15, 0.2) is 11.5 Å². The second-order valence-corrected chi connectivity index (χ2v) is 9.93. The molecule has 1 fully saturated rings. The van der Waals surface area contributed by atoms with Crippen molar-refractivity contribution in [2.45, 2.75) is 44.5 Å². The summed E-state index contributed by atoms with van der Waals surface area (Å²) in [5.74, 6) is -0.362. The summed E-state index contributed by atoms with van der Waals surface area (Å²) in [5, 5.41) is 14.7. The van der Waals surface area contributed by atoms with Crippen LogP contribution >= 0.6 is 11.6 Å². The number of alkyl halides is 3. The predicted octanol–water partition coefficient (Wildman–Crippen LogP) is 5.38. The van der Waals surface area contributed by atoms with Crippen LogP contribution < -0.4 is 24.1 Å². The van der Waals surface area contributed by atoms with Gasteiger partial charge in [0.05, 0.1) is 28.9 Å². The molecule has 8 nitrogen and oxygen atoms in total. The second-order valence-electron chi connectivity index (χ2n) is 9.53. The van der Waals surface area contributed by atoms with Gasteiger partial charge in [-0.2, -0.15) is 18.3 Å². The lowest BCUT2D eigenvalue weighted by atomic mass is 9.94. The van der Waals surface area contributed by atoms with Crippen LogP contribution in [-0.2, 0) is 4.79 Å². The second kappa shape index (κ2) is 10.4. The summed E-state index contributed by atoms with van der Waals surface area (Å²) in [5.41, 5.74) is 0.278. The van der Waals surface area contributed by atoms with Gasteiger partial charge in [-0.15, -0.1) is 0 Å². The number of ether oxygens (including phenoxy) is 3. The van der Waals surface area contributed by atoms with Gasteiger partial charge in [0.2, 0.25) is 0 Å². The minimum absolute atomic E-state index is 0.0468. The Morgan fingerprint density at radius 2 is 1.76 bits per heavy atom. The fraction of sp³-hybridized carbons (Fsp3) is 0.462. The van der Waals surface area contributed by atoms with E-state index in [9.17, 15) is 23.1 Å². The molecular formula is C26H27ClF3N3O5. The summed E-state index contributed by atoms with van der Waals surface area (Å²) >= 11 is 6.49. The molecule has 1 N–H and O–H groups in total. The molecule has 0 amide bonds. The number of carboxylic acids is 1. The fourth-order valence-corrected chi connectivity index (χ4v) is 5.33. The SMILES string of the molecule is CC1C(C(F)(F)F)=NN(c2ccc(OC3CCN(c4cc5c(cc4Cl)OCCO5)CC3)cc2)C1CC(=O)O. The van der Waals surface area contributed by atoms with Gasteiger partial charge in [0, 0.05) is 44.0 Å². The molecule has 3 aliphatic rings. The maximum Gasteiger partial charge on any atom is 0.431 e. The molecular weight excluding hydrogens is 527 g/mol. The van der Waals surface area contributed by atoms with Gasteiger partial charge >= 0.3 is 12.1 Å². The van der Waals surface area contributed by atoms with Crippen molar-refractivity contribution < 1.29 is 37.3 Å². The van der Waals surface area contributed by atoms with E-state index in [1.54, 1.807) is 30.3 Å². The van der Waals surface area contributed by atoms with Gasteiger partial charge in [-0.1, -0.05) is 18.5 Å². The Labute approximate surface area is 222 Å². The number of piperidine rings is 1. The molecule has 1 saturated heterocycles. The minimum atomic E-state index is -4.63. The zero-order valence-electron chi connectivity index (χ0n) is 20.6. The van der Waals surface area contributed by atoms with Crippen molar-refractivity contribution in [3.8, 4) is 17.2 Å². The largest absolute Gasteiger partial charge is 0.490 e. The number of aliphatic carboxylic acids is 1. The lowest BCUT2D eigenvalue weighted by Crippen LogP contribution is -2.38. The number of carboxylic acid groups (broad SMARTS) is 1. The quantitative estimate of drug-likeness (QED) is 0.514. The molecule has 0 aromatic heterocycles. The number of rotatable bonds is 6.